The molecule has 9 nitrogen and oxygen atoms in total. The van der Waals surface area contributed by atoms with Gasteiger partial charge in [0.15, 0.2) is 17.3 Å². The lowest BCUT2D eigenvalue weighted by atomic mass is 10.3. The average Bonchev–Trinajstić information content (AvgIpc) is 3.03. The molecule has 1 aliphatic heterocycles. The Morgan fingerprint density at radius 2 is 1.69 bits per heavy atom. The van der Waals surface area contributed by atoms with Gasteiger partial charge in [-0.2, -0.15) is 4.52 Å². The third kappa shape index (κ3) is 3.44. The monoisotopic (exact) mass is 391 g/mol. The van der Waals surface area contributed by atoms with Gasteiger partial charge in [0, 0.05) is 44.1 Å². The fourth-order valence-electron chi connectivity index (χ4n) is 3.44. The molecule has 0 N–H and O–H groups in total. The molecule has 10 heteroatoms. The van der Waals surface area contributed by atoms with Gasteiger partial charge in [0.05, 0.1) is 12.4 Å². The molecule has 0 unspecified atom stereocenters. The molecule has 0 aromatic carbocycles. The molecule has 0 saturated carbocycles. The van der Waals surface area contributed by atoms with Gasteiger partial charge in [-0.05, 0) is 30.7 Å². The van der Waals surface area contributed by atoms with Crippen molar-refractivity contribution in [1.82, 2.24) is 34.8 Å². The molecule has 0 atom stereocenters. The van der Waals surface area contributed by atoms with Crippen molar-refractivity contribution in [3.63, 3.8) is 0 Å². The predicted octanol–water partition coefficient (Wildman–Crippen LogP) is 1.83. The molecule has 0 amide bonds. The van der Waals surface area contributed by atoms with E-state index in [4.69, 9.17) is 5.10 Å². The highest BCUT2D eigenvalue weighted by Crippen LogP contribution is 2.20. The van der Waals surface area contributed by atoms with Gasteiger partial charge < -0.3 is 9.80 Å². The summed E-state index contributed by atoms with van der Waals surface area (Å²) in [5.74, 6) is 1.63. The molecule has 1 saturated heterocycles. The summed E-state index contributed by atoms with van der Waals surface area (Å²) in [4.78, 5) is 16.6. The predicted molar refractivity (Wildman–Crippen MR) is 105 cm³/mol. The first-order valence-corrected chi connectivity index (χ1v) is 9.38. The molecule has 29 heavy (non-hydrogen) atoms. The van der Waals surface area contributed by atoms with Crippen LogP contribution in [0.3, 0.4) is 0 Å². The molecule has 0 spiro atoms. The maximum absolute atomic E-state index is 13.1. The lowest BCUT2D eigenvalue weighted by Crippen LogP contribution is -2.32. The van der Waals surface area contributed by atoms with Crippen LogP contribution in [0.15, 0.2) is 49.1 Å². The number of halogens is 1. The van der Waals surface area contributed by atoms with E-state index in [0.717, 1.165) is 44.0 Å². The van der Waals surface area contributed by atoms with E-state index in [0.29, 0.717) is 17.4 Å². The first kappa shape index (κ1) is 17.4. The maximum atomic E-state index is 13.1. The van der Waals surface area contributed by atoms with Crippen LogP contribution in [0.25, 0.3) is 17.0 Å². The summed E-state index contributed by atoms with van der Waals surface area (Å²) in [5.41, 5.74) is 1.55. The summed E-state index contributed by atoms with van der Waals surface area (Å²) in [6, 6.07) is 7.67. The van der Waals surface area contributed by atoms with Gasteiger partial charge >= 0.3 is 0 Å². The third-order valence-corrected chi connectivity index (χ3v) is 4.88. The van der Waals surface area contributed by atoms with E-state index in [9.17, 15) is 4.39 Å². The van der Waals surface area contributed by atoms with Crippen molar-refractivity contribution in [1.29, 1.82) is 0 Å². The highest BCUT2D eigenvalue weighted by atomic mass is 19.1. The van der Waals surface area contributed by atoms with Gasteiger partial charge in [0.2, 0.25) is 5.95 Å². The second kappa shape index (κ2) is 7.38. The lowest BCUT2D eigenvalue weighted by molar-refractivity contribution is 0.611. The highest BCUT2D eigenvalue weighted by Gasteiger charge is 2.19. The minimum atomic E-state index is -0.430. The van der Waals surface area contributed by atoms with Crippen molar-refractivity contribution >= 4 is 17.4 Å². The van der Waals surface area contributed by atoms with Crippen LogP contribution in [0.5, 0.6) is 0 Å². The lowest BCUT2D eigenvalue weighted by Gasteiger charge is -2.22. The molecule has 0 bridgehead atoms. The molecule has 1 aliphatic rings. The fraction of sp³-hybridized carbons (Fsp3) is 0.263. The van der Waals surface area contributed by atoms with Gasteiger partial charge in [0.25, 0.3) is 0 Å². The smallest absolute Gasteiger partial charge is 0.225 e. The van der Waals surface area contributed by atoms with Crippen molar-refractivity contribution in [2.75, 3.05) is 36.0 Å². The Labute approximate surface area is 165 Å². The van der Waals surface area contributed by atoms with Crippen molar-refractivity contribution < 1.29 is 4.39 Å². The zero-order chi connectivity index (χ0) is 19.6. The van der Waals surface area contributed by atoms with Crippen molar-refractivity contribution in [2.45, 2.75) is 6.42 Å². The summed E-state index contributed by atoms with van der Waals surface area (Å²) in [7, 11) is 0. The topological polar surface area (TPSA) is 88.2 Å². The Morgan fingerprint density at radius 3 is 2.52 bits per heavy atom. The molecule has 4 aromatic rings. The zero-order valence-electron chi connectivity index (χ0n) is 15.6. The number of rotatable bonds is 3. The molecule has 0 radical (unpaired) electrons. The van der Waals surface area contributed by atoms with E-state index in [1.165, 1.54) is 12.4 Å². The first-order valence-electron chi connectivity index (χ1n) is 9.38. The Hall–Kier alpha value is -3.69. The van der Waals surface area contributed by atoms with Gasteiger partial charge in [-0.1, -0.05) is 0 Å². The Kier molecular flexibility index (Phi) is 4.43. The van der Waals surface area contributed by atoms with Crippen LogP contribution >= 0.6 is 0 Å². The molecular weight excluding hydrogens is 373 g/mol. The summed E-state index contributed by atoms with van der Waals surface area (Å²) in [5, 5.41) is 13.2. The number of pyridine rings is 1. The number of aromatic nitrogens is 7. The SMILES string of the molecule is Fc1cnc(N2CCCN(c3ccc4nnc(-c5cccnc5)n4n3)CC2)nc1. The quantitative estimate of drug-likeness (QED) is 0.523. The highest BCUT2D eigenvalue weighted by molar-refractivity contribution is 5.58. The fourth-order valence-corrected chi connectivity index (χ4v) is 3.44. The molecule has 1 fully saturated rings. The minimum Gasteiger partial charge on any atom is -0.353 e. The van der Waals surface area contributed by atoms with Crippen LogP contribution in [0.4, 0.5) is 16.2 Å². The summed E-state index contributed by atoms with van der Waals surface area (Å²) in [6.07, 6.45) is 6.79. The number of fused-ring (bicyclic) bond motifs is 1. The maximum Gasteiger partial charge on any atom is 0.225 e. The van der Waals surface area contributed by atoms with Crippen LogP contribution < -0.4 is 9.80 Å². The van der Waals surface area contributed by atoms with Gasteiger partial charge in [0.1, 0.15) is 5.82 Å². The largest absolute Gasteiger partial charge is 0.353 e. The molecule has 0 aliphatic carbocycles. The second-order valence-electron chi connectivity index (χ2n) is 6.76. The number of hydrogen-bond donors (Lipinski definition) is 0. The van der Waals surface area contributed by atoms with E-state index < -0.39 is 5.82 Å². The molecule has 5 rings (SSSR count). The zero-order valence-corrected chi connectivity index (χ0v) is 15.6. The van der Waals surface area contributed by atoms with Crippen LogP contribution in [0.1, 0.15) is 6.42 Å². The summed E-state index contributed by atoms with van der Waals surface area (Å²) >= 11 is 0. The summed E-state index contributed by atoms with van der Waals surface area (Å²) in [6.45, 7) is 3.13. The van der Waals surface area contributed by atoms with Crippen LogP contribution in [-0.2, 0) is 0 Å². The normalized spacial score (nSPS) is 14.9. The molecule has 5 heterocycles. The van der Waals surface area contributed by atoms with Crippen molar-refractivity contribution in [3.05, 3.63) is 54.9 Å². The van der Waals surface area contributed by atoms with E-state index in [-0.39, 0.29) is 0 Å². The molecule has 146 valence electrons. The van der Waals surface area contributed by atoms with Gasteiger partial charge in [-0.25, -0.2) is 14.4 Å². The van der Waals surface area contributed by atoms with Gasteiger partial charge in [-0.3, -0.25) is 4.98 Å². The Morgan fingerprint density at radius 1 is 0.862 bits per heavy atom. The number of anilines is 2. The Balaban J connectivity index is 1.40. The first-order chi connectivity index (χ1) is 14.3. The van der Waals surface area contributed by atoms with E-state index in [2.05, 4.69) is 34.9 Å². The minimum absolute atomic E-state index is 0.430. The average molecular weight is 391 g/mol. The van der Waals surface area contributed by atoms with Crippen molar-refractivity contribution in [3.8, 4) is 11.4 Å². The standard InChI is InChI=1S/C19H18FN9/c20-15-12-22-19(23-13-15)28-8-2-7-27(9-10-28)17-5-4-16-24-25-18(29(16)26-17)14-3-1-6-21-11-14/h1,3-6,11-13H,2,7-10H2. The molecule has 4 aromatic heterocycles. The van der Waals surface area contributed by atoms with E-state index in [1.54, 1.807) is 16.9 Å². The van der Waals surface area contributed by atoms with E-state index >= 15 is 0 Å². The number of hydrogen-bond acceptors (Lipinski definition) is 8. The summed E-state index contributed by atoms with van der Waals surface area (Å²) < 4.78 is 14.8. The number of nitrogens with zero attached hydrogens (tertiary/aromatic N) is 9. The van der Waals surface area contributed by atoms with Crippen LogP contribution in [0, 0.1) is 5.82 Å². The van der Waals surface area contributed by atoms with Crippen LogP contribution in [0.2, 0.25) is 0 Å². The van der Waals surface area contributed by atoms with Crippen LogP contribution in [-0.4, -0.2) is 60.9 Å². The van der Waals surface area contributed by atoms with Crippen molar-refractivity contribution in [2.24, 2.45) is 0 Å². The van der Waals surface area contributed by atoms with E-state index in [1.807, 2.05) is 24.3 Å². The third-order valence-electron chi connectivity index (χ3n) is 4.88. The molecular formula is C19H18FN9. The Bertz CT molecular complexity index is 1110. The van der Waals surface area contributed by atoms with Gasteiger partial charge in [-0.15, -0.1) is 15.3 Å². The second-order valence-corrected chi connectivity index (χ2v) is 6.76.